The maximum absolute atomic E-state index is 13.8. The third-order valence-corrected chi connectivity index (χ3v) is 24.2. The molecule has 6 aromatic rings. The molecule has 0 unspecified atom stereocenters. The largest absolute Gasteiger partial charge is 1.00 e. The van der Waals surface area contributed by atoms with Gasteiger partial charge in [0.05, 0.1) is 53.8 Å². The first kappa shape index (κ1) is 105. The number of ether oxygens (including phenoxy) is 5. The maximum Gasteiger partial charge on any atom is 1.00 e. The average Bonchev–Trinajstić information content (AvgIpc) is 1.59. The van der Waals surface area contributed by atoms with Crippen LogP contribution < -0.4 is 38.4 Å². The van der Waals surface area contributed by atoms with E-state index in [1.54, 1.807) is 21.3 Å². The van der Waals surface area contributed by atoms with Crippen molar-refractivity contribution in [3.05, 3.63) is 196 Å². The third-order valence-electron chi connectivity index (χ3n) is 23.6. The summed E-state index contributed by atoms with van der Waals surface area (Å²) in [5, 5.41) is 13.2. The number of amides is 9. The van der Waals surface area contributed by atoms with Crippen LogP contribution in [0.1, 0.15) is 165 Å². The number of imide groups is 3. The van der Waals surface area contributed by atoms with Crippen LogP contribution in [-0.4, -0.2) is 258 Å². The number of hydrogen-bond acceptors (Lipinski definition) is 19. The molecule has 6 aliphatic rings. The number of nitrogens with zero attached hydrogens (tertiary/aromatic N) is 9. The van der Waals surface area contributed by atoms with Gasteiger partial charge in [-0.15, -0.1) is 0 Å². The van der Waals surface area contributed by atoms with Gasteiger partial charge in [-0.1, -0.05) is 187 Å². The summed E-state index contributed by atoms with van der Waals surface area (Å²) in [6.07, 6.45) is 6.46. The summed E-state index contributed by atoms with van der Waals surface area (Å²) in [6.45, 7) is 35.4. The molecule has 3 spiro atoms. The Labute approximate surface area is 762 Å². The van der Waals surface area contributed by atoms with Gasteiger partial charge in [0.25, 0.3) is 17.7 Å². The Morgan fingerprint density at radius 1 is 0.424 bits per heavy atom. The summed E-state index contributed by atoms with van der Waals surface area (Å²) < 4.78 is 25.7. The fourth-order valence-corrected chi connectivity index (χ4v) is 17.4. The SMILES string of the molecule is CCN(CC)CC.CCOC(=O)Cc1cccc(CBr)c1.CCOC(=O)Cc1cccc(CN2CCC3(CC2)C(=O)N(CC(C)C)C(=O)N3CCc2ccc(OC)cc2)c1.COc1ccc(CCN2C(=O)N(CC(C)C)C(=O)C23CCN(Cc2cccc(CC(=O)O)c2)CC3)cc1.COc1ccc(CCN2C(=O)N(CC(C)C)C(=O)C23CCNCC3)cc1.[Li+].[OH-]. The second-order valence-corrected chi connectivity index (χ2v) is 34.2. The van der Waals surface area contributed by atoms with Crippen LogP contribution in [0.15, 0.2) is 146 Å². The number of hydrogen-bond donors (Lipinski definition) is 2. The van der Waals surface area contributed by atoms with Crippen LogP contribution >= 0.6 is 15.9 Å². The summed E-state index contributed by atoms with van der Waals surface area (Å²) in [5.41, 5.74) is 7.15. The Kier molecular flexibility index (Phi) is 43.2. The van der Waals surface area contributed by atoms with E-state index < -0.39 is 22.6 Å². The number of methoxy groups -OCH3 is 3. The number of piperidine rings is 3. The Morgan fingerprint density at radius 2 is 0.712 bits per heavy atom. The van der Waals surface area contributed by atoms with Gasteiger partial charge in [0.1, 0.15) is 33.9 Å². The van der Waals surface area contributed by atoms with Gasteiger partial charge in [-0.2, -0.15) is 0 Å². The molecule has 3 N–H and O–H groups in total. The Morgan fingerprint density at radius 3 is 0.984 bits per heavy atom. The van der Waals surface area contributed by atoms with Crippen molar-refractivity contribution in [3.63, 3.8) is 0 Å². The van der Waals surface area contributed by atoms with Gasteiger partial charge in [-0.05, 0) is 209 Å². The monoisotopic (exact) mass is 1780 g/mol. The molecule has 0 saturated carbocycles. The van der Waals surface area contributed by atoms with Crippen LogP contribution in [0, 0.1) is 17.8 Å². The number of nitrogens with one attached hydrogen (secondary N) is 1. The summed E-state index contributed by atoms with van der Waals surface area (Å²) in [5.74, 6) is 1.72. The first-order chi connectivity index (χ1) is 59.0. The van der Waals surface area contributed by atoms with Gasteiger partial charge in [0, 0.05) is 83.9 Å². The van der Waals surface area contributed by atoms with Crippen LogP contribution in [0.3, 0.4) is 0 Å². The molecular formula is C97H136BrLiN10O16. The molecule has 0 aliphatic carbocycles. The number of carboxylic acid groups (broad SMARTS) is 1. The number of esters is 2. The zero-order valence-electron chi connectivity index (χ0n) is 76.7. The Bertz CT molecular complexity index is 4390. The van der Waals surface area contributed by atoms with E-state index in [1.807, 2.05) is 204 Å². The van der Waals surface area contributed by atoms with Gasteiger partial charge in [-0.25, -0.2) is 14.4 Å². The molecule has 0 atom stereocenters. The molecule has 0 aromatic heterocycles. The second-order valence-electron chi connectivity index (χ2n) is 33.7. The molecule has 6 aromatic carbocycles. The minimum Gasteiger partial charge on any atom is -0.870 e. The minimum atomic E-state index is -0.845. The van der Waals surface area contributed by atoms with Crippen molar-refractivity contribution in [2.45, 2.75) is 188 Å². The van der Waals surface area contributed by atoms with E-state index in [-0.39, 0.29) is 103 Å². The van der Waals surface area contributed by atoms with Gasteiger partial charge in [0.15, 0.2) is 0 Å². The van der Waals surface area contributed by atoms with Crippen molar-refractivity contribution in [1.29, 1.82) is 0 Å². The molecule has 9 amide bonds. The first-order valence-corrected chi connectivity index (χ1v) is 45.2. The smallest absolute Gasteiger partial charge is 0.870 e. The Hall–Kier alpha value is -9.17. The molecule has 12 rings (SSSR count). The van der Waals surface area contributed by atoms with Crippen molar-refractivity contribution in [3.8, 4) is 17.2 Å². The molecule has 6 aliphatic heterocycles. The normalized spacial score (nSPS) is 16.4. The molecule has 125 heavy (non-hydrogen) atoms. The third kappa shape index (κ3) is 29.2. The maximum atomic E-state index is 13.8. The number of aliphatic carboxylic acids is 1. The van der Waals surface area contributed by atoms with Crippen LogP contribution in [0.25, 0.3) is 0 Å². The van der Waals surface area contributed by atoms with Crippen molar-refractivity contribution >= 4 is 69.7 Å². The molecule has 6 fully saturated rings. The number of carbonyl (C=O) groups is 9. The number of urea groups is 3. The fraction of sp³-hybridized carbons (Fsp3) is 0.536. The molecule has 678 valence electrons. The number of rotatable bonds is 34. The van der Waals surface area contributed by atoms with Crippen molar-refractivity contribution in [1.82, 2.24) is 49.4 Å². The van der Waals surface area contributed by atoms with Gasteiger partial charge >= 0.3 is 54.9 Å². The topological polar surface area (TPSA) is 291 Å². The van der Waals surface area contributed by atoms with E-state index in [4.69, 9.17) is 28.8 Å². The zero-order valence-corrected chi connectivity index (χ0v) is 78.3. The number of alkyl halides is 1. The summed E-state index contributed by atoms with van der Waals surface area (Å²) >= 11 is 3.37. The predicted molar refractivity (Wildman–Crippen MR) is 485 cm³/mol. The standard InChI is InChI=1S/C31H41N3O5.C29H37N3O5.C20H29N3O3.C11H13BrO2.C6H15N.Li.H2O/c1-5-39-28(35)20-25-7-6-8-26(19-25)22-32-17-14-31(15-18-32)29(36)33(21-23(2)3)30(37)34(31)16-13-24-9-11-27(38-4)12-10-24;1-21(2)19-31-27(35)29(32(28(31)36)14-11-22-7-9-25(37-3)10-8-22)12-15-30(16-13-29)20-24-6-4-5-23(17-24)18-26(33)34;1-15(2)14-22-18(24)20(9-11-21-12-10-20)23(19(22)25)13-8-16-4-6-17(26-3)7-5-16;1-2-14-11(13)7-9-4-3-5-10(6-9)8-12;1-4-7(5-2)6-3;;/h6-12,19,23H,5,13-18,20-22H2,1-4H3;4-10,17,21H,11-16,18-20H2,1-3H3,(H,33,34);4-7,15,21H,8-14H2,1-3H3;3-6H,2,7-8H2,1H3;4-6H2,1-3H3;;1H2/q;;;;;+1;/p-1. The van der Waals surface area contributed by atoms with E-state index in [0.29, 0.717) is 130 Å². The molecule has 6 saturated heterocycles. The molecule has 0 bridgehead atoms. The molecule has 0 radical (unpaired) electrons. The predicted octanol–water partition coefficient (Wildman–Crippen LogP) is 11.3. The van der Waals surface area contributed by atoms with Gasteiger partial charge in [0.2, 0.25) is 0 Å². The molecule has 6 heterocycles. The van der Waals surface area contributed by atoms with E-state index in [1.165, 1.54) is 39.9 Å². The summed E-state index contributed by atoms with van der Waals surface area (Å²) in [6, 6.07) is 46.7. The first-order valence-electron chi connectivity index (χ1n) is 44.1. The van der Waals surface area contributed by atoms with E-state index >= 15 is 0 Å². The van der Waals surface area contributed by atoms with Crippen LogP contribution in [0.2, 0.25) is 0 Å². The van der Waals surface area contributed by atoms with E-state index in [0.717, 1.165) is 106 Å². The van der Waals surface area contributed by atoms with Crippen molar-refractivity contribution in [2.24, 2.45) is 17.8 Å². The fourth-order valence-electron chi connectivity index (χ4n) is 17.0. The van der Waals surface area contributed by atoms with Gasteiger partial charge < -0.3 is 59.2 Å². The van der Waals surface area contributed by atoms with Gasteiger partial charge in [-0.3, -0.25) is 53.3 Å². The Balaban J connectivity index is 0.000000261. The molecule has 28 heteroatoms. The number of halogens is 1. The van der Waals surface area contributed by atoms with Crippen LogP contribution in [0.4, 0.5) is 14.4 Å². The second kappa shape index (κ2) is 51.6. The average molecular weight is 1790 g/mol. The minimum absolute atomic E-state index is 0. The van der Waals surface area contributed by atoms with E-state index in [9.17, 15) is 43.2 Å². The quantitative estimate of drug-likeness (QED) is 0.0164. The van der Waals surface area contributed by atoms with Crippen molar-refractivity contribution in [2.75, 3.05) is 133 Å². The molecule has 26 nitrogen and oxygen atoms in total. The summed E-state index contributed by atoms with van der Waals surface area (Å²) in [4.78, 5) is 132. The number of carboxylic acids is 1. The number of benzene rings is 6. The number of carbonyl (C=O) groups excluding carboxylic acids is 8. The van der Waals surface area contributed by atoms with Crippen molar-refractivity contribution < 1.29 is 96.3 Å². The number of likely N-dealkylation sites (tertiary alicyclic amines) is 2. The summed E-state index contributed by atoms with van der Waals surface area (Å²) in [7, 11) is 4.92. The molecular weight excluding hydrogens is 1650 g/mol. The zero-order chi connectivity index (χ0) is 89.4. The van der Waals surface area contributed by atoms with Crippen LogP contribution in [0.5, 0.6) is 17.2 Å². The van der Waals surface area contributed by atoms with E-state index in [2.05, 4.69) is 68.9 Å². The van der Waals surface area contributed by atoms with Crippen LogP contribution in [-0.2, 0) is 95.2 Å².